The second kappa shape index (κ2) is 8.73. The molecule has 35 heavy (non-hydrogen) atoms. The van der Waals surface area contributed by atoms with E-state index in [0.29, 0.717) is 40.8 Å². The number of aromatic nitrogens is 7. The number of anilines is 2. The van der Waals surface area contributed by atoms with E-state index >= 15 is 0 Å². The van der Waals surface area contributed by atoms with E-state index < -0.39 is 12.0 Å². The van der Waals surface area contributed by atoms with Crippen LogP contribution in [-0.4, -0.2) is 52.0 Å². The summed E-state index contributed by atoms with van der Waals surface area (Å²) in [6, 6.07) is 1.41. The third kappa shape index (κ3) is 4.46. The van der Waals surface area contributed by atoms with Crippen molar-refractivity contribution in [3.05, 3.63) is 42.4 Å². The van der Waals surface area contributed by atoms with Crippen LogP contribution in [0.5, 0.6) is 0 Å². The van der Waals surface area contributed by atoms with E-state index in [1.807, 2.05) is 6.92 Å². The molecule has 1 aliphatic rings. The second-order valence-electron chi connectivity index (χ2n) is 8.34. The summed E-state index contributed by atoms with van der Waals surface area (Å²) in [6.45, 7) is 1.96. The minimum atomic E-state index is -4.67. The SMILES string of the molecule is CCc1nc2c(N)ncc(-c3cnn(-c4ccnc(C(F)(F)F)n4)c3)c2nc1N[C@@H]1CC[C@H](O)C1. The van der Waals surface area contributed by atoms with E-state index in [2.05, 4.69) is 25.4 Å². The minimum absolute atomic E-state index is 0.0345. The summed E-state index contributed by atoms with van der Waals surface area (Å²) < 4.78 is 40.3. The highest BCUT2D eigenvalue weighted by Gasteiger charge is 2.35. The van der Waals surface area contributed by atoms with Crippen molar-refractivity contribution in [1.82, 2.24) is 34.7 Å². The normalized spacial score (nSPS) is 18.3. The second-order valence-corrected chi connectivity index (χ2v) is 8.34. The summed E-state index contributed by atoms with van der Waals surface area (Å²) in [5, 5.41) is 17.4. The van der Waals surface area contributed by atoms with Crippen LogP contribution in [0, 0.1) is 0 Å². The first-order valence-corrected chi connectivity index (χ1v) is 11.1. The van der Waals surface area contributed by atoms with Crippen LogP contribution >= 0.6 is 0 Å². The number of hydrogen-bond acceptors (Lipinski definition) is 9. The Morgan fingerprint density at radius 2 is 1.97 bits per heavy atom. The Bertz CT molecular complexity index is 1390. The fourth-order valence-corrected chi connectivity index (χ4v) is 4.15. The van der Waals surface area contributed by atoms with Gasteiger partial charge in [-0.05, 0) is 25.7 Å². The molecule has 10 nitrogen and oxygen atoms in total. The molecule has 0 radical (unpaired) electrons. The van der Waals surface area contributed by atoms with Gasteiger partial charge in [0.15, 0.2) is 11.6 Å². The monoisotopic (exact) mass is 485 g/mol. The Morgan fingerprint density at radius 3 is 2.69 bits per heavy atom. The summed E-state index contributed by atoms with van der Waals surface area (Å²) in [7, 11) is 0. The molecule has 4 aromatic heterocycles. The number of nitrogens with one attached hydrogen (secondary N) is 1. The van der Waals surface area contributed by atoms with Crippen molar-refractivity contribution in [2.45, 2.75) is 50.9 Å². The van der Waals surface area contributed by atoms with Gasteiger partial charge in [0.25, 0.3) is 0 Å². The number of rotatable bonds is 5. The van der Waals surface area contributed by atoms with Gasteiger partial charge in [-0.25, -0.2) is 29.6 Å². The van der Waals surface area contributed by atoms with Gasteiger partial charge in [0, 0.05) is 41.8 Å². The van der Waals surface area contributed by atoms with Gasteiger partial charge in [-0.1, -0.05) is 6.92 Å². The van der Waals surface area contributed by atoms with Gasteiger partial charge in [0.2, 0.25) is 5.82 Å². The lowest BCUT2D eigenvalue weighted by molar-refractivity contribution is -0.145. The molecule has 4 aromatic rings. The van der Waals surface area contributed by atoms with E-state index in [4.69, 9.17) is 15.7 Å². The zero-order chi connectivity index (χ0) is 24.7. The van der Waals surface area contributed by atoms with E-state index in [1.54, 1.807) is 0 Å². The lowest BCUT2D eigenvalue weighted by Crippen LogP contribution is -2.19. The number of nitrogens with two attached hydrogens (primary N) is 1. The molecule has 4 heterocycles. The van der Waals surface area contributed by atoms with Gasteiger partial charge in [0.05, 0.1) is 18.0 Å². The standard InChI is InChI=1S/C22H22F3N9O/c1-2-15-20(30-12-3-4-13(35)7-12)33-17-14(9-28-19(26)18(17)31-15)11-8-29-34(10-11)16-5-6-27-21(32-16)22(23,24)25/h5-6,8-10,12-13,35H,2-4,7H2,1H3,(H2,26,28)(H,30,33)/t12-,13+/m1/s1. The summed E-state index contributed by atoms with van der Waals surface area (Å²) in [4.78, 5) is 20.6. The summed E-state index contributed by atoms with van der Waals surface area (Å²) in [6.07, 6.45) is 3.34. The average molecular weight is 485 g/mol. The van der Waals surface area contributed by atoms with Crippen LogP contribution in [0.2, 0.25) is 0 Å². The average Bonchev–Trinajstić information content (AvgIpc) is 3.48. The molecule has 1 saturated carbocycles. The lowest BCUT2D eigenvalue weighted by atomic mass is 10.1. The van der Waals surface area contributed by atoms with Crippen LogP contribution in [0.1, 0.15) is 37.7 Å². The van der Waals surface area contributed by atoms with Crippen molar-refractivity contribution in [2.75, 3.05) is 11.1 Å². The van der Waals surface area contributed by atoms with Gasteiger partial charge < -0.3 is 16.2 Å². The quantitative estimate of drug-likeness (QED) is 0.389. The Balaban J connectivity index is 1.56. The van der Waals surface area contributed by atoms with Crippen LogP contribution in [0.25, 0.3) is 28.0 Å². The Hall–Kier alpha value is -3.87. The number of halogens is 3. The Morgan fingerprint density at radius 1 is 1.14 bits per heavy atom. The molecule has 182 valence electrons. The van der Waals surface area contributed by atoms with Crippen molar-refractivity contribution < 1.29 is 18.3 Å². The molecular formula is C22H22F3N9O. The van der Waals surface area contributed by atoms with Crippen LogP contribution in [0.3, 0.4) is 0 Å². The molecular weight excluding hydrogens is 463 g/mol. The van der Waals surface area contributed by atoms with Gasteiger partial charge >= 0.3 is 6.18 Å². The lowest BCUT2D eigenvalue weighted by Gasteiger charge is -2.17. The fourth-order valence-electron chi connectivity index (χ4n) is 4.15. The zero-order valence-electron chi connectivity index (χ0n) is 18.7. The molecule has 4 N–H and O–H groups in total. The first-order valence-electron chi connectivity index (χ1n) is 11.1. The number of nitrogens with zero attached hydrogens (tertiary/aromatic N) is 7. The van der Waals surface area contributed by atoms with Crippen LogP contribution < -0.4 is 11.1 Å². The third-order valence-electron chi connectivity index (χ3n) is 5.90. The largest absolute Gasteiger partial charge is 0.451 e. The number of aryl methyl sites for hydroxylation is 1. The predicted molar refractivity (Wildman–Crippen MR) is 122 cm³/mol. The molecule has 0 unspecified atom stereocenters. The predicted octanol–water partition coefficient (Wildman–Crippen LogP) is 3.16. The molecule has 0 saturated heterocycles. The fraction of sp³-hybridized carbons (Fsp3) is 0.364. The van der Waals surface area contributed by atoms with Gasteiger partial charge in [0.1, 0.15) is 16.9 Å². The molecule has 0 amide bonds. The molecule has 2 atom stereocenters. The van der Waals surface area contributed by atoms with Crippen LogP contribution in [0.4, 0.5) is 24.8 Å². The molecule has 1 aliphatic carbocycles. The van der Waals surface area contributed by atoms with Crippen LogP contribution in [0.15, 0.2) is 30.9 Å². The van der Waals surface area contributed by atoms with Crippen molar-refractivity contribution >= 4 is 22.7 Å². The molecule has 0 bridgehead atoms. The van der Waals surface area contributed by atoms with E-state index in [-0.39, 0.29) is 23.8 Å². The minimum Gasteiger partial charge on any atom is -0.393 e. The maximum absolute atomic E-state index is 13.0. The van der Waals surface area contributed by atoms with Gasteiger partial charge in [-0.2, -0.15) is 18.3 Å². The van der Waals surface area contributed by atoms with Gasteiger partial charge in [-0.3, -0.25) is 0 Å². The van der Waals surface area contributed by atoms with Crippen molar-refractivity contribution in [3.63, 3.8) is 0 Å². The third-order valence-corrected chi connectivity index (χ3v) is 5.90. The van der Waals surface area contributed by atoms with E-state index in [9.17, 15) is 18.3 Å². The molecule has 13 heteroatoms. The molecule has 0 aliphatic heterocycles. The van der Waals surface area contributed by atoms with Crippen molar-refractivity contribution in [1.29, 1.82) is 0 Å². The van der Waals surface area contributed by atoms with Crippen molar-refractivity contribution in [3.8, 4) is 16.9 Å². The topological polar surface area (TPSA) is 141 Å². The number of aliphatic hydroxyl groups is 1. The Kier molecular flexibility index (Phi) is 5.71. The number of alkyl halides is 3. The molecule has 1 fully saturated rings. The number of fused-ring (bicyclic) bond motifs is 1. The highest BCUT2D eigenvalue weighted by molar-refractivity contribution is 5.96. The highest BCUT2D eigenvalue weighted by Crippen LogP contribution is 2.32. The summed E-state index contributed by atoms with van der Waals surface area (Å²) in [5.41, 5.74) is 8.84. The highest BCUT2D eigenvalue weighted by atomic mass is 19.4. The van der Waals surface area contributed by atoms with Gasteiger partial charge in [-0.15, -0.1) is 0 Å². The maximum atomic E-state index is 13.0. The first kappa shape index (κ1) is 22.9. The van der Waals surface area contributed by atoms with Crippen LogP contribution in [-0.2, 0) is 12.6 Å². The van der Waals surface area contributed by atoms with Crippen molar-refractivity contribution in [2.24, 2.45) is 0 Å². The Labute approximate surface area is 197 Å². The molecule has 0 spiro atoms. The van der Waals surface area contributed by atoms with E-state index in [0.717, 1.165) is 24.7 Å². The molecule has 0 aromatic carbocycles. The smallest absolute Gasteiger partial charge is 0.393 e. The molecule has 5 rings (SSSR count). The number of pyridine rings is 1. The number of aliphatic hydroxyl groups excluding tert-OH is 1. The number of hydrogen-bond donors (Lipinski definition) is 3. The van der Waals surface area contributed by atoms with E-state index in [1.165, 1.54) is 29.3 Å². The summed E-state index contributed by atoms with van der Waals surface area (Å²) >= 11 is 0. The first-order chi connectivity index (χ1) is 16.7. The summed E-state index contributed by atoms with van der Waals surface area (Å²) in [5.74, 6) is -0.471. The maximum Gasteiger partial charge on any atom is 0.451 e. The zero-order valence-corrected chi connectivity index (χ0v) is 18.7. The number of nitrogen functional groups attached to an aromatic ring is 1.